The largest absolute Gasteiger partial charge is 0.327 e. The van der Waals surface area contributed by atoms with E-state index >= 15 is 0 Å². The molecule has 2 heterocycles. The first-order valence-electron chi connectivity index (χ1n) is 7.66. The second-order valence-electron chi connectivity index (χ2n) is 6.18. The van der Waals surface area contributed by atoms with E-state index in [-0.39, 0.29) is 42.7 Å². The van der Waals surface area contributed by atoms with Crippen LogP contribution >= 0.6 is 36.2 Å². The minimum absolute atomic E-state index is 0. The Bertz CT molecular complexity index is 694. The van der Waals surface area contributed by atoms with E-state index in [9.17, 15) is 4.79 Å². The Morgan fingerprint density at radius 1 is 1.21 bits per heavy atom. The summed E-state index contributed by atoms with van der Waals surface area (Å²) in [5.74, 6) is 0.957. The number of rotatable bonds is 3. The first-order chi connectivity index (χ1) is 10.7. The second kappa shape index (κ2) is 7.78. The topological polar surface area (TPSA) is 80.9 Å². The Hall–Kier alpha value is -1.21. The molecule has 5 nitrogen and oxygen atoms in total. The molecule has 2 fully saturated rings. The third-order valence-electron chi connectivity index (χ3n) is 4.95. The molecule has 24 heavy (non-hydrogen) atoms. The fourth-order valence-corrected chi connectivity index (χ4v) is 4.58. The highest BCUT2D eigenvalue weighted by atomic mass is 35.5. The van der Waals surface area contributed by atoms with Crippen LogP contribution in [0.1, 0.15) is 19.3 Å². The zero-order valence-corrected chi connectivity index (χ0v) is 15.4. The number of thiazole rings is 1. The third-order valence-corrected chi connectivity index (χ3v) is 5.70. The maximum absolute atomic E-state index is 12.5. The molecule has 130 valence electrons. The van der Waals surface area contributed by atoms with Gasteiger partial charge < -0.3 is 11.1 Å². The van der Waals surface area contributed by atoms with Gasteiger partial charge in [0.1, 0.15) is 5.69 Å². The normalized spacial score (nSPS) is 27.2. The summed E-state index contributed by atoms with van der Waals surface area (Å²) in [6.07, 6.45) is 5.15. The molecule has 0 saturated heterocycles. The van der Waals surface area contributed by atoms with Crippen LogP contribution in [0.25, 0.3) is 11.4 Å². The van der Waals surface area contributed by atoms with Crippen LogP contribution in [0.5, 0.6) is 0 Å². The molecule has 0 aliphatic heterocycles. The summed E-state index contributed by atoms with van der Waals surface area (Å²) >= 11 is 1.43. The lowest BCUT2D eigenvalue weighted by Gasteiger charge is -2.26. The summed E-state index contributed by atoms with van der Waals surface area (Å²) in [5, 5.41) is 5.49. The molecular weight excluding hydrogens is 367 g/mol. The van der Waals surface area contributed by atoms with E-state index in [1.807, 2.05) is 23.6 Å². The van der Waals surface area contributed by atoms with Crippen LogP contribution in [0.15, 0.2) is 29.8 Å². The molecule has 3 N–H and O–H groups in total. The van der Waals surface area contributed by atoms with Gasteiger partial charge in [-0.15, -0.1) is 36.2 Å². The SMILES string of the molecule is Cl.Cl.NC1C2CCC(C2)C1C(=O)Nc1nc(-c2ccccn2)cs1. The van der Waals surface area contributed by atoms with Gasteiger partial charge in [0.05, 0.1) is 11.6 Å². The highest BCUT2D eigenvalue weighted by molar-refractivity contribution is 7.14. The summed E-state index contributed by atoms with van der Waals surface area (Å²) in [6, 6.07) is 5.71. The molecule has 2 aliphatic carbocycles. The molecule has 8 heteroatoms. The Morgan fingerprint density at radius 3 is 2.67 bits per heavy atom. The average molecular weight is 387 g/mol. The minimum Gasteiger partial charge on any atom is -0.327 e. The van der Waals surface area contributed by atoms with E-state index in [1.54, 1.807) is 6.20 Å². The molecule has 4 atom stereocenters. The summed E-state index contributed by atoms with van der Waals surface area (Å²) in [6.45, 7) is 0. The van der Waals surface area contributed by atoms with E-state index in [0.717, 1.165) is 24.2 Å². The highest BCUT2D eigenvalue weighted by Crippen LogP contribution is 2.48. The number of pyridine rings is 1. The van der Waals surface area contributed by atoms with Crippen LogP contribution < -0.4 is 11.1 Å². The lowest BCUT2D eigenvalue weighted by atomic mass is 9.84. The lowest BCUT2D eigenvalue weighted by molar-refractivity contribution is -0.121. The van der Waals surface area contributed by atoms with Gasteiger partial charge in [-0.05, 0) is 43.2 Å². The van der Waals surface area contributed by atoms with Gasteiger partial charge in [0.25, 0.3) is 0 Å². The van der Waals surface area contributed by atoms with E-state index in [2.05, 4.69) is 15.3 Å². The molecule has 2 aliphatic rings. The number of carbonyl (C=O) groups excluding carboxylic acids is 1. The Kier molecular flexibility index (Phi) is 6.20. The number of fused-ring (bicyclic) bond motifs is 2. The number of halogens is 2. The molecule has 2 saturated carbocycles. The number of amides is 1. The predicted molar refractivity (Wildman–Crippen MR) is 101 cm³/mol. The molecule has 0 aromatic carbocycles. The molecule has 1 amide bonds. The Labute approximate surface area is 157 Å². The van der Waals surface area contributed by atoms with Gasteiger partial charge in [-0.2, -0.15) is 0 Å². The number of nitrogens with zero attached hydrogens (tertiary/aromatic N) is 2. The van der Waals surface area contributed by atoms with Gasteiger partial charge in [0.15, 0.2) is 5.13 Å². The molecule has 0 radical (unpaired) electrons. The molecule has 2 bridgehead atoms. The lowest BCUT2D eigenvalue weighted by Crippen LogP contribution is -2.42. The van der Waals surface area contributed by atoms with Crippen molar-refractivity contribution in [3.8, 4) is 11.4 Å². The van der Waals surface area contributed by atoms with Crippen LogP contribution in [-0.4, -0.2) is 21.9 Å². The fraction of sp³-hybridized carbons (Fsp3) is 0.438. The number of anilines is 1. The number of hydrogen-bond acceptors (Lipinski definition) is 5. The summed E-state index contributed by atoms with van der Waals surface area (Å²) in [7, 11) is 0. The summed E-state index contributed by atoms with van der Waals surface area (Å²) < 4.78 is 0. The summed E-state index contributed by atoms with van der Waals surface area (Å²) in [4.78, 5) is 21.3. The van der Waals surface area contributed by atoms with Gasteiger partial charge in [-0.25, -0.2) is 4.98 Å². The van der Waals surface area contributed by atoms with E-state index in [4.69, 9.17) is 5.73 Å². The standard InChI is InChI=1S/C16H18N4OS.2ClH/c17-14-10-5-4-9(7-10)13(14)15(21)20-16-19-12(8-22-16)11-3-1-2-6-18-11;;/h1-3,6,8-10,13-14H,4-5,7,17H2,(H,19,20,21);2*1H. The number of nitrogens with two attached hydrogens (primary N) is 1. The molecule has 0 spiro atoms. The monoisotopic (exact) mass is 386 g/mol. The smallest absolute Gasteiger partial charge is 0.231 e. The van der Waals surface area contributed by atoms with Crippen molar-refractivity contribution in [2.24, 2.45) is 23.5 Å². The van der Waals surface area contributed by atoms with Crippen LogP contribution in [-0.2, 0) is 4.79 Å². The number of hydrogen-bond donors (Lipinski definition) is 2. The van der Waals surface area contributed by atoms with Crippen molar-refractivity contribution in [3.05, 3.63) is 29.8 Å². The van der Waals surface area contributed by atoms with Crippen molar-refractivity contribution in [2.45, 2.75) is 25.3 Å². The zero-order chi connectivity index (χ0) is 15.1. The maximum atomic E-state index is 12.5. The van der Waals surface area contributed by atoms with Gasteiger partial charge in [-0.1, -0.05) is 6.07 Å². The van der Waals surface area contributed by atoms with E-state index in [1.165, 1.54) is 17.8 Å². The molecule has 4 unspecified atom stereocenters. The van der Waals surface area contributed by atoms with Crippen LogP contribution in [0.4, 0.5) is 5.13 Å². The van der Waals surface area contributed by atoms with Gasteiger partial charge >= 0.3 is 0 Å². The minimum atomic E-state index is -0.0547. The predicted octanol–water partition coefficient (Wildman–Crippen LogP) is 3.36. The van der Waals surface area contributed by atoms with Crippen molar-refractivity contribution in [1.82, 2.24) is 9.97 Å². The molecular formula is C16H20Cl2N4OS. The Morgan fingerprint density at radius 2 is 2.00 bits per heavy atom. The maximum Gasteiger partial charge on any atom is 0.231 e. The number of nitrogens with one attached hydrogen (secondary N) is 1. The van der Waals surface area contributed by atoms with Gasteiger partial charge in [0.2, 0.25) is 5.91 Å². The van der Waals surface area contributed by atoms with Gasteiger partial charge in [0, 0.05) is 17.6 Å². The van der Waals surface area contributed by atoms with Gasteiger partial charge in [-0.3, -0.25) is 9.78 Å². The zero-order valence-electron chi connectivity index (χ0n) is 12.9. The van der Waals surface area contributed by atoms with E-state index in [0.29, 0.717) is 17.0 Å². The Balaban J connectivity index is 0.00000104. The first-order valence-corrected chi connectivity index (χ1v) is 8.53. The van der Waals surface area contributed by atoms with E-state index < -0.39 is 0 Å². The quantitative estimate of drug-likeness (QED) is 0.846. The molecule has 2 aromatic rings. The highest BCUT2D eigenvalue weighted by Gasteiger charge is 2.49. The number of carbonyl (C=O) groups is 1. The van der Waals surface area contributed by atoms with Crippen molar-refractivity contribution in [1.29, 1.82) is 0 Å². The fourth-order valence-electron chi connectivity index (χ4n) is 3.88. The first kappa shape index (κ1) is 19.1. The summed E-state index contributed by atoms with van der Waals surface area (Å²) in [5.41, 5.74) is 7.83. The van der Waals surface area contributed by atoms with Crippen molar-refractivity contribution in [3.63, 3.8) is 0 Å². The van der Waals surface area contributed by atoms with Crippen molar-refractivity contribution in [2.75, 3.05) is 5.32 Å². The number of aromatic nitrogens is 2. The molecule has 2 aromatic heterocycles. The van der Waals surface area contributed by atoms with Crippen molar-refractivity contribution < 1.29 is 4.79 Å². The van der Waals surface area contributed by atoms with Crippen molar-refractivity contribution >= 4 is 47.2 Å². The van der Waals surface area contributed by atoms with Crippen LogP contribution in [0, 0.1) is 17.8 Å². The van der Waals surface area contributed by atoms with Crippen LogP contribution in [0.3, 0.4) is 0 Å². The average Bonchev–Trinajstić information content (AvgIpc) is 3.23. The second-order valence-corrected chi connectivity index (χ2v) is 7.04. The third kappa shape index (κ3) is 3.42. The molecule has 4 rings (SSSR count). The van der Waals surface area contributed by atoms with Crippen LogP contribution in [0.2, 0.25) is 0 Å².